The van der Waals surface area contributed by atoms with Crippen LogP contribution in [0, 0.1) is 0 Å². The van der Waals surface area contributed by atoms with Crippen LogP contribution in [0.1, 0.15) is 39.2 Å². The molecule has 0 amide bonds. The Morgan fingerprint density at radius 2 is 1.26 bits per heavy atom. The van der Waals surface area contributed by atoms with Gasteiger partial charge in [0.1, 0.15) is 7.05 Å². The fourth-order valence-electron chi connectivity index (χ4n) is 4.14. The number of rotatable bonds is 4. The summed E-state index contributed by atoms with van der Waals surface area (Å²) < 4.78 is 2.28. The fraction of sp³-hybridized carbons (Fsp3) is 0.269. The zero-order valence-electron chi connectivity index (χ0n) is 16.8. The first-order valence-electron chi connectivity index (χ1n) is 9.98. The first-order valence-corrected chi connectivity index (χ1v) is 9.98. The molecule has 0 N–H and O–H groups in total. The number of hydrogen-bond donors (Lipinski definition) is 0. The van der Waals surface area contributed by atoms with Gasteiger partial charge in [-0.3, -0.25) is 0 Å². The largest absolute Gasteiger partial charge is 0.213 e. The van der Waals surface area contributed by atoms with Gasteiger partial charge in [-0.1, -0.05) is 63.2 Å². The van der Waals surface area contributed by atoms with Gasteiger partial charge in [-0.2, -0.15) is 0 Å². The van der Waals surface area contributed by atoms with Crippen LogP contribution in [0.2, 0.25) is 0 Å². The summed E-state index contributed by atoms with van der Waals surface area (Å²) in [6.45, 7) is 7.02. The zero-order valence-corrected chi connectivity index (χ0v) is 16.8. The zero-order chi connectivity index (χ0) is 19.0. The maximum Gasteiger partial charge on any atom is 0.213 e. The van der Waals surface area contributed by atoms with E-state index in [4.69, 9.17) is 0 Å². The van der Waals surface area contributed by atoms with Crippen molar-refractivity contribution in [2.24, 2.45) is 7.05 Å². The Labute approximate surface area is 162 Å². The molecule has 1 nitrogen and oxygen atoms in total. The van der Waals surface area contributed by atoms with Crippen LogP contribution in [-0.2, 0) is 12.5 Å². The van der Waals surface area contributed by atoms with Crippen LogP contribution >= 0.6 is 0 Å². The van der Waals surface area contributed by atoms with E-state index in [1.807, 2.05) is 0 Å². The normalized spacial score (nSPS) is 12.0. The number of aromatic nitrogens is 1. The second kappa shape index (κ2) is 6.81. The summed E-state index contributed by atoms with van der Waals surface area (Å²) in [6.07, 6.45) is 4.51. The van der Waals surface area contributed by atoms with Crippen LogP contribution in [-0.4, -0.2) is 0 Å². The molecule has 0 aliphatic heterocycles. The smallest absolute Gasteiger partial charge is 0.200 e. The quantitative estimate of drug-likeness (QED) is 0.365. The number of benzene rings is 3. The van der Waals surface area contributed by atoms with Crippen LogP contribution in [0.25, 0.3) is 32.8 Å². The van der Waals surface area contributed by atoms with Gasteiger partial charge in [-0.15, -0.1) is 0 Å². The van der Waals surface area contributed by atoms with Gasteiger partial charge in [0.05, 0.1) is 5.56 Å². The molecule has 0 unspecified atom stereocenters. The van der Waals surface area contributed by atoms with Gasteiger partial charge in [-0.25, -0.2) is 4.57 Å². The topological polar surface area (TPSA) is 3.88 Å². The Bertz CT molecular complexity index is 1120. The molecule has 0 aliphatic carbocycles. The summed E-state index contributed by atoms with van der Waals surface area (Å²) in [5, 5.41) is 5.20. The molecule has 0 bridgehead atoms. The van der Waals surface area contributed by atoms with E-state index in [0.717, 1.165) is 12.8 Å². The van der Waals surface area contributed by atoms with Gasteiger partial charge < -0.3 is 0 Å². The molecule has 1 heteroatoms. The van der Waals surface area contributed by atoms with E-state index < -0.39 is 0 Å². The van der Waals surface area contributed by atoms with Crippen molar-refractivity contribution in [1.29, 1.82) is 0 Å². The lowest BCUT2D eigenvalue weighted by Crippen LogP contribution is -2.32. The lowest BCUT2D eigenvalue weighted by Gasteiger charge is -2.30. The molecular formula is C26H28N+. The predicted molar refractivity (Wildman–Crippen MR) is 116 cm³/mol. The molecule has 27 heavy (non-hydrogen) atoms. The van der Waals surface area contributed by atoms with Gasteiger partial charge in [0.25, 0.3) is 0 Å². The Kier molecular flexibility index (Phi) is 4.47. The van der Waals surface area contributed by atoms with Crippen LogP contribution in [0.15, 0.2) is 72.9 Å². The van der Waals surface area contributed by atoms with Gasteiger partial charge in [-0.05, 0) is 58.2 Å². The second-order valence-electron chi connectivity index (χ2n) is 7.91. The Morgan fingerprint density at radius 1 is 0.741 bits per heavy atom. The van der Waals surface area contributed by atoms with E-state index in [1.54, 1.807) is 0 Å². The summed E-state index contributed by atoms with van der Waals surface area (Å²) in [6, 6.07) is 24.5. The molecule has 0 saturated carbocycles. The van der Waals surface area contributed by atoms with Gasteiger partial charge >= 0.3 is 0 Å². The predicted octanol–water partition coefficient (Wildman–Crippen LogP) is 6.56. The van der Waals surface area contributed by atoms with Crippen LogP contribution in [0.4, 0.5) is 0 Å². The number of pyridine rings is 1. The van der Waals surface area contributed by atoms with E-state index in [0.29, 0.717) is 0 Å². The molecule has 0 saturated heterocycles. The Morgan fingerprint density at radius 3 is 1.85 bits per heavy atom. The molecule has 0 aliphatic rings. The van der Waals surface area contributed by atoms with E-state index in [2.05, 4.69) is 105 Å². The van der Waals surface area contributed by atoms with Gasteiger partial charge in [0.2, 0.25) is 5.69 Å². The number of aryl methyl sites for hydroxylation is 1. The van der Waals surface area contributed by atoms with E-state index in [-0.39, 0.29) is 5.41 Å². The summed E-state index contributed by atoms with van der Waals surface area (Å²) in [7, 11) is 2.16. The molecule has 3 aromatic carbocycles. The van der Waals surface area contributed by atoms with Crippen molar-refractivity contribution < 1.29 is 4.57 Å². The van der Waals surface area contributed by atoms with E-state index in [1.165, 1.54) is 38.4 Å². The summed E-state index contributed by atoms with van der Waals surface area (Å²) in [4.78, 5) is 0. The van der Waals surface area contributed by atoms with Crippen LogP contribution < -0.4 is 4.57 Å². The first-order chi connectivity index (χ1) is 13.1. The molecule has 0 atom stereocenters. The highest BCUT2D eigenvalue weighted by Gasteiger charge is 2.29. The van der Waals surface area contributed by atoms with Crippen molar-refractivity contribution >= 4 is 21.5 Å². The van der Waals surface area contributed by atoms with Crippen molar-refractivity contribution in [2.45, 2.75) is 39.0 Å². The van der Waals surface area contributed by atoms with Crippen molar-refractivity contribution in [2.75, 3.05) is 0 Å². The number of fused-ring (bicyclic) bond motifs is 2. The maximum atomic E-state index is 2.42. The lowest BCUT2D eigenvalue weighted by molar-refractivity contribution is -0.659. The molecule has 0 radical (unpaired) electrons. The summed E-state index contributed by atoms with van der Waals surface area (Å²) in [5.74, 6) is 0. The highest BCUT2D eigenvalue weighted by atomic mass is 14.9. The van der Waals surface area contributed by atoms with Crippen LogP contribution in [0.5, 0.6) is 0 Å². The highest BCUT2D eigenvalue weighted by Crippen LogP contribution is 2.39. The van der Waals surface area contributed by atoms with Crippen molar-refractivity contribution in [3.05, 3.63) is 78.5 Å². The number of nitrogens with zero attached hydrogens (tertiary/aromatic N) is 1. The average molecular weight is 355 g/mol. The monoisotopic (exact) mass is 354 g/mol. The molecule has 0 fully saturated rings. The minimum atomic E-state index is 0.165. The maximum absolute atomic E-state index is 2.42. The lowest BCUT2D eigenvalue weighted by atomic mass is 9.74. The molecule has 1 heterocycles. The SMILES string of the molecule is CCC(C)(CC)c1cc2ccccc2cc1-c1cc2ccccc2c[n+]1C. The fourth-order valence-corrected chi connectivity index (χ4v) is 4.14. The van der Waals surface area contributed by atoms with E-state index >= 15 is 0 Å². The van der Waals surface area contributed by atoms with Crippen molar-refractivity contribution in [3.8, 4) is 11.3 Å². The molecular weight excluding hydrogens is 326 g/mol. The van der Waals surface area contributed by atoms with Gasteiger partial charge in [0, 0.05) is 11.5 Å². The van der Waals surface area contributed by atoms with Crippen LogP contribution in [0.3, 0.4) is 0 Å². The minimum Gasteiger partial charge on any atom is -0.200 e. The second-order valence-corrected chi connectivity index (χ2v) is 7.91. The molecule has 1 aromatic heterocycles. The Balaban J connectivity index is 2.07. The molecule has 4 rings (SSSR count). The Hall–Kier alpha value is -2.67. The third-order valence-corrected chi connectivity index (χ3v) is 6.37. The van der Waals surface area contributed by atoms with Gasteiger partial charge in [0.15, 0.2) is 6.20 Å². The first kappa shape index (κ1) is 17.7. The molecule has 0 spiro atoms. The number of hydrogen-bond acceptors (Lipinski definition) is 0. The summed E-state index contributed by atoms with van der Waals surface area (Å²) >= 11 is 0. The molecule has 136 valence electrons. The average Bonchev–Trinajstić information content (AvgIpc) is 2.71. The third-order valence-electron chi connectivity index (χ3n) is 6.37. The molecule has 4 aromatic rings. The third kappa shape index (κ3) is 3.02. The van der Waals surface area contributed by atoms with Crippen molar-refractivity contribution in [1.82, 2.24) is 0 Å². The summed E-state index contributed by atoms with van der Waals surface area (Å²) in [5.41, 5.74) is 4.26. The minimum absolute atomic E-state index is 0.165. The van der Waals surface area contributed by atoms with E-state index in [9.17, 15) is 0 Å². The standard InChI is InChI=1S/C26H28N/c1-5-26(3,6-2)24-16-20-12-8-7-11-19(20)15-23(24)25-17-21-13-9-10-14-22(21)18-27(25)4/h7-18H,5-6H2,1-4H3/q+1. The van der Waals surface area contributed by atoms with Crippen molar-refractivity contribution in [3.63, 3.8) is 0 Å². The highest BCUT2D eigenvalue weighted by molar-refractivity contribution is 5.90.